The SMILES string of the molecule is COc1c(C=O)c(O)cc2oc(-c3ccccc3)cc(=O)c12. The quantitative estimate of drug-likeness (QED) is 0.752. The molecule has 0 aliphatic carbocycles. The molecule has 0 aliphatic heterocycles. The van der Waals surface area contributed by atoms with Crippen molar-refractivity contribution in [2.45, 2.75) is 0 Å². The highest BCUT2D eigenvalue weighted by molar-refractivity contribution is 5.97. The van der Waals surface area contributed by atoms with Crippen LogP contribution in [0, 0.1) is 0 Å². The molecular weight excluding hydrogens is 284 g/mol. The van der Waals surface area contributed by atoms with Crippen molar-refractivity contribution in [3.8, 4) is 22.8 Å². The Morgan fingerprint density at radius 1 is 1.18 bits per heavy atom. The van der Waals surface area contributed by atoms with Gasteiger partial charge in [0.1, 0.15) is 28.2 Å². The fraction of sp³-hybridized carbons (Fsp3) is 0.0588. The highest BCUT2D eigenvalue weighted by atomic mass is 16.5. The zero-order valence-corrected chi connectivity index (χ0v) is 11.7. The van der Waals surface area contributed by atoms with E-state index in [0.717, 1.165) is 5.56 Å². The molecule has 0 bridgehead atoms. The van der Waals surface area contributed by atoms with E-state index in [1.54, 1.807) is 12.1 Å². The summed E-state index contributed by atoms with van der Waals surface area (Å²) in [6.45, 7) is 0. The summed E-state index contributed by atoms with van der Waals surface area (Å²) >= 11 is 0. The molecule has 5 nitrogen and oxygen atoms in total. The number of phenols is 1. The molecular formula is C17H12O5. The van der Waals surface area contributed by atoms with Gasteiger partial charge in [-0.1, -0.05) is 30.3 Å². The van der Waals surface area contributed by atoms with E-state index in [9.17, 15) is 14.7 Å². The summed E-state index contributed by atoms with van der Waals surface area (Å²) in [7, 11) is 1.33. The number of aromatic hydroxyl groups is 1. The molecule has 0 fully saturated rings. The third-order valence-corrected chi connectivity index (χ3v) is 3.37. The summed E-state index contributed by atoms with van der Waals surface area (Å²) < 4.78 is 10.8. The van der Waals surface area contributed by atoms with E-state index in [-0.39, 0.29) is 33.5 Å². The fourth-order valence-electron chi connectivity index (χ4n) is 2.36. The van der Waals surface area contributed by atoms with Crippen LogP contribution in [0.3, 0.4) is 0 Å². The first kappa shape index (κ1) is 13.9. The largest absolute Gasteiger partial charge is 0.507 e. The predicted molar refractivity (Wildman–Crippen MR) is 81.5 cm³/mol. The number of carbonyl (C=O) groups is 1. The van der Waals surface area contributed by atoms with Crippen molar-refractivity contribution in [3.63, 3.8) is 0 Å². The molecule has 0 saturated heterocycles. The normalized spacial score (nSPS) is 10.6. The number of phenolic OH excluding ortho intramolecular Hbond substituents is 1. The molecule has 0 atom stereocenters. The fourth-order valence-corrected chi connectivity index (χ4v) is 2.36. The summed E-state index contributed by atoms with van der Waals surface area (Å²) in [5, 5.41) is 10.0. The van der Waals surface area contributed by atoms with Crippen LogP contribution in [0.2, 0.25) is 0 Å². The Hall–Kier alpha value is -3.08. The molecule has 0 radical (unpaired) electrons. The number of benzene rings is 2. The first-order chi connectivity index (χ1) is 10.7. The maximum atomic E-state index is 12.4. The maximum Gasteiger partial charge on any atom is 0.197 e. The monoisotopic (exact) mass is 296 g/mol. The van der Waals surface area contributed by atoms with E-state index >= 15 is 0 Å². The minimum Gasteiger partial charge on any atom is -0.507 e. The molecule has 22 heavy (non-hydrogen) atoms. The Bertz CT molecular complexity index is 910. The van der Waals surface area contributed by atoms with Crippen LogP contribution >= 0.6 is 0 Å². The van der Waals surface area contributed by atoms with Crippen molar-refractivity contribution in [2.75, 3.05) is 7.11 Å². The van der Waals surface area contributed by atoms with Gasteiger partial charge >= 0.3 is 0 Å². The molecule has 1 N–H and O–H groups in total. The summed E-state index contributed by atoms with van der Waals surface area (Å²) in [4.78, 5) is 23.5. The highest BCUT2D eigenvalue weighted by Gasteiger charge is 2.18. The lowest BCUT2D eigenvalue weighted by Crippen LogP contribution is -2.05. The van der Waals surface area contributed by atoms with Crippen LogP contribution in [0.1, 0.15) is 10.4 Å². The lowest BCUT2D eigenvalue weighted by atomic mass is 10.1. The number of methoxy groups -OCH3 is 1. The van der Waals surface area contributed by atoms with E-state index in [2.05, 4.69) is 0 Å². The molecule has 0 unspecified atom stereocenters. The van der Waals surface area contributed by atoms with Crippen LogP contribution in [0.4, 0.5) is 0 Å². The smallest absolute Gasteiger partial charge is 0.197 e. The van der Waals surface area contributed by atoms with Gasteiger partial charge in [0.15, 0.2) is 11.7 Å². The summed E-state index contributed by atoms with van der Waals surface area (Å²) in [5.41, 5.74) is 0.473. The summed E-state index contributed by atoms with van der Waals surface area (Å²) in [6.07, 6.45) is 0.443. The van der Waals surface area contributed by atoms with Gasteiger partial charge < -0.3 is 14.3 Å². The zero-order valence-electron chi connectivity index (χ0n) is 11.7. The van der Waals surface area contributed by atoms with Gasteiger partial charge in [0.25, 0.3) is 0 Å². The Morgan fingerprint density at radius 2 is 1.91 bits per heavy atom. The van der Waals surface area contributed by atoms with E-state index < -0.39 is 0 Å². The average molecular weight is 296 g/mol. The molecule has 0 amide bonds. The molecule has 3 rings (SSSR count). The Balaban J connectivity index is 2.37. The Kier molecular flexibility index (Phi) is 3.39. The molecule has 110 valence electrons. The van der Waals surface area contributed by atoms with Crippen LogP contribution in [0.25, 0.3) is 22.3 Å². The zero-order chi connectivity index (χ0) is 15.7. The molecule has 0 saturated carbocycles. The van der Waals surface area contributed by atoms with Crippen LogP contribution in [-0.4, -0.2) is 18.5 Å². The topological polar surface area (TPSA) is 76.7 Å². The van der Waals surface area contributed by atoms with E-state index in [1.165, 1.54) is 19.2 Å². The summed E-state index contributed by atoms with van der Waals surface area (Å²) in [5.74, 6) is 0.0875. The second kappa shape index (κ2) is 5.37. The molecule has 5 heteroatoms. The van der Waals surface area contributed by atoms with Gasteiger partial charge in [0.2, 0.25) is 0 Å². The first-order valence-corrected chi connectivity index (χ1v) is 6.54. The van der Waals surface area contributed by atoms with E-state index in [1.807, 2.05) is 18.2 Å². The molecule has 0 aliphatic rings. The number of fused-ring (bicyclic) bond motifs is 1. The van der Waals surface area contributed by atoms with Gasteiger partial charge in [-0.15, -0.1) is 0 Å². The minimum atomic E-state index is -0.347. The van der Waals surface area contributed by atoms with Crippen molar-refractivity contribution in [2.24, 2.45) is 0 Å². The van der Waals surface area contributed by atoms with Crippen LogP contribution in [0.15, 0.2) is 51.7 Å². The number of aldehydes is 1. The number of carbonyl (C=O) groups excluding carboxylic acids is 1. The molecule has 2 aromatic carbocycles. The van der Waals surface area contributed by atoms with Crippen molar-refractivity contribution in [1.29, 1.82) is 0 Å². The third kappa shape index (κ3) is 2.13. The Labute approximate surface area is 125 Å². The first-order valence-electron chi connectivity index (χ1n) is 6.54. The van der Waals surface area contributed by atoms with Gasteiger partial charge in [-0.05, 0) is 0 Å². The third-order valence-electron chi connectivity index (χ3n) is 3.37. The molecule has 1 aromatic heterocycles. The van der Waals surface area contributed by atoms with Crippen molar-refractivity contribution in [3.05, 3.63) is 58.3 Å². The van der Waals surface area contributed by atoms with Gasteiger partial charge in [-0.3, -0.25) is 9.59 Å². The van der Waals surface area contributed by atoms with Crippen LogP contribution < -0.4 is 10.2 Å². The summed E-state index contributed by atoms with van der Waals surface area (Å²) in [6, 6.07) is 11.7. The minimum absolute atomic E-state index is 0.0124. The lowest BCUT2D eigenvalue weighted by molar-refractivity contribution is 0.111. The van der Waals surface area contributed by atoms with Crippen LogP contribution in [-0.2, 0) is 0 Å². The van der Waals surface area contributed by atoms with Crippen molar-refractivity contribution < 1.29 is 19.1 Å². The van der Waals surface area contributed by atoms with Crippen molar-refractivity contribution in [1.82, 2.24) is 0 Å². The predicted octanol–water partition coefficient (Wildman–Crippen LogP) is 2.99. The van der Waals surface area contributed by atoms with Gasteiger partial charge in [0, 0.05) is 17.7 Å². The molecule has 3 aromatic rings. The average Bonchev–Trinajstić information content (AvgIpc) is 2.54. The van der Waals surface area contributed by atoms with Gasteiger partial charge in [-0.25, -0.2) is 0 Å². The standard InChI is InChI=1S/C17H12O5/c1-21-17-11(9-18)12(19)7-15-16(17)13(20)8-14(22-15)10-5-3-2-4-6-10/h2-9,19H,1H3. The number of hydrogen-bond donors (Lipinski definition) is 1. The van der Waals surface area contributed by atoms with Gasteiger partial charge in [0.05, 0.1) is 12.7 Å². The number of rotatable bonds is 3. The second-order valence-electron chi connectivity index (χ2n) is 4.67. The molecule has 0 spiro atoms. The number of hydrogen-bond acceptors (Lipinski definition) is 5. The number of ether oxygens (including phenoxy) is 1. The van der Waals surface area contributed by atoms with Crippen molar-refractivity contribution >= 4 is 17.3 Å². The maximum absolute atomic E-state index is 12.4. The van der Waals surface area contributed by atoms with Gasteiger partial charge in [-0.2, -0.15) is 0 Å². The lowest BCUT2D eigenvalue weighted by Gasteiger charge is -2.10. The highest BCUT2D eigenvalue weighted by Crippen LogP contribution is 2.35. The van der Waals surface area contributed by atoms with E-state index in [0.29, 0.717) is 12.0 Å². The molecule has 1 heterocycles. The second-order valence-corrected chi connectivity index (χ2v) is 4.67. The van der Waals surface area contributed by atoms with Crippen LogP contribution in [0.5, 0.6) is 11.5 Å². The Morgan fingerprint density at radius 3 is 2.55 bits per heavy atom. The van der Waals surface area contributed by atoms with E-state index in [4.69, 9.17) is 9.15 Å².